The summed E-state index contributed by atoms with van der Waals surface area (Å²) in [6, 6.07) is 0. The molecule has 0 bridgehead atoms. The van der Waals surface area contributed by atoms with Crippen LogP contribution in [0.5, 0.6) is 0 Å². The fourth-order valence-electron chi connectivity index (χ4n) is 7.23. The number of carbonyl (C=O) groups is 1. The number of nitrogens with zero attached hydrogens (tertiary/aromatic N) is 1. The fourth-order valence-corrected chi connectivity index (χ4v) is 7.23. The molecule has 1 saturated heterocycles. The van der Waals surface area contributed by atoms with Crippen molar-refractivity contribution >= 4 is 5.91 Å². The number of carbonyl (C=O) groups excluding carboxylic acids is 1. The Morgan fingerprint density at radius 3 is 2.39 bits per heavy atom. The number of amides is 1. The molecule has 0 aromatic rings. The van der Waals surface area contributed by atoms with Crippen LogP contribution in [-0.4, -0.2) is 63.4 Å². The van der Waals surface area contributed by atoms with Crippen molar-refractivity contribution < 1.29 is 14.3 Å². The van der Waals surface area contributed by atoms with Gasteiger partial charge in [-0.2, -0.15) is 0 Å². The van der Waals surface area contributed by atoms with Crippen molar-refractivity contribution in [3.63, 3.8) is 0 Å². The van der Waals surface area contributed by atoms with Crippen molar-refractivity contribution in [2.24, 2.45) is 29.6 Å². The Bertz CT molecular complexity index is 545. The Labute approximate surface area is 190 Å². The molecule has 1 aliphatic heterocycles. The summed E-state index contributed by atoms with van der Waals surface area (Å²) in [7, 11) is 2.09. The number of hydrogen-bond donors (Lipinski definition) is 1. The molecule has 1 heterocycles. The van der Waals surface area contributed by atoms with Crippen LogP contribution in [0.1, 0.15) is 77.0 Å². The van der Waals surface area contributed by atoms with Crippen molar-refractivity contribution in [1.29, 1.82) is 0 Å². The van der Waals surface area contributed by atoms with Gasteiger partial charge in [0.05, 0.1) is 19.3 Å². The molecule has 0 aromatic carbocycles. The maximum Gasteiger partial charge on any atom is 0.248 e. The van der Waals surface area contributed by atoms with Gasteiger partial charge in [0, 0.05) is 25.6 Å². The van der Waals surface area contributed by atoms with E-state index in [1.165, 1.54) is 77.0 Å². The summed E-state index contributed by atoms with van der Waals surface area (Å²) in [5.41, 5.74) is 0. The zero-order valence-corrected chi connectivity index (χ0v) is 19.9. The molecule has 5 atom stereocenters. The minimum absolute atomic E-state index is 0.156. The molecule has 1 N–H and O–H groups in total. The third-order valence-corrected chi connectivity index (χ3v) is 8.93. The average molecular weight is 435 g/mol. The Hall–Kier alpha value is -0.650. The largest absolute Gasteiger partial charge is 0.378 e. The predicted octanol–water partition coefficient (Wildman–Crippen LogP) is 4.25. The van der Waals surface area contributed by atoms with E-state index in [1.807, 2.05) is 4.90 Å². The Balaban J connectivity index is 1.43. The lowest BCUT2D eigenvalue weighted by Gasteiger charge is -2.45. The van der Waals surface area contributed by atoms with E-state index in [2.05, 4.69) is 12.4 Å². The minimum atomic E-state index is 0.156. The molecule has 1 amide bonds. The van der Waals surface area contributed by atoms with Gasteiger partial charge in [0.1, 0.15) is 6.61 Å². The summed E-state index contributed by atoms with van der Waals surface area (Å²) in [6.07, 6.45) is 16.7. The summed E-state index contributed by atoms with van der Waals surface area (Å²) < 4.78 is 12.0. The number of rotatable bonds is 8. The monoisotopic (exact) mass is 434 g/mol. The van der Waals surface area contributed by atoms with Crippen LogP contribution in [-0.2, 0) is 14.3 Å². The van der Waals surface area contributed by atoms with Crippen molar-refractivity contribution in [2.45, 2.75) is 83.2 Å². The highest BCUT2D eigenvalue weighted by Crippen LogP contribution is 2.47. The van der Waals surface area contributed by atoms with E-state index in [0.29, 0.717) is 38.1 Å². The van der Waals surface area contributed by atoms with Crippen molar-refractivity contribution in [3.8, 4) is 0 Å². The summed E-state index contributed by atoms with van der Waals surface area (Å²) in [5.74, 6) is 3.98. The SMILES string of the molecule is CNC[C@H](C1CCC2CCCCC2C1)[C@H](OCC(=O)N1CCOCC1)C1CCCCC1. The fraction of sp³-hybridized carbons (Fsp3) is 0.962. The van der Waals surface area contributed by atoms with Gasteiger partial charge in [0.25, 0.3) is 0 Å². The van der Waals surface area contributed by atoms with E-state index in [1.54, 1.807) is 0 Å². The first kappa shape index (κ1) is 23.5. The van der Waals surface area contributed by atoms with E-state index >= 15 is 0 Å². The first-order chi connectivity index (χ1) is 15.3. The second kappa shape index (κ2) is 12.0. The number of hydrogen-bond acceptors (Lipinski definition) is 4. The van der Waals surface area contributed by atoms with E-state index in [0.717, 1.165) is 24.3 Å². The highest BCUT2D eigenvalue weighted by Gasteiger charge is 2.41. The van der Waals surface area contributed by atoms with Crippen LogP contribution in [0.25, 0.3) is 0 Å². The molecule has 3 unspecified atom stereocenters. The molecular weight excluding hydrogens is 388 g/mol. The minimum Gasteiger partial charge on any atom is -0.378 e. The zero-order chi connectivity index (χ0) is 21.5. The van der Waals surface area contributed by atoms with Crippen LogP contribution in [0.3, 0.4) is 0 Å². The highest BCUT2D eigenvalue weighted by molar-refractivity contribution is 5.77. The van der Waals surface area contributed by atoms with Gasteiger partial charge in [0.2, 0.25) is 5.91 Å². The van der Waals surface area contributed by atoms with Crippen LogP contribution >= 0.6 is 0 Å². The molecule has 0 radical (unpaired) electrons. The summed E-state index contributed by atoms with van der Waals surface area (Å²) in [5, 5.41) is 3.52. The molecule has 4 rings (SSSR count). The molecule has 4 fully saturated rings. The van der Waals surface area contributed by atoms with Gasteiger partial charge in [-0.1, -0.05) is 44.9 Å². The van der Waals surface area contributed by atoms with Crippen molar-refractivity contribution in [3.05, 3.63) is 0 Å². The molecule has 3 saturated carbocycles. The van der Waals surface area contributed by atoms with Gasteiger partial charge >= 0.3 is 0 Å². The number of nitrogens with one attached hydrogen (secondary N) is 1. The van der Waals surface area contributed by atoms with Gasteiger partial charge < -0.3 is 19.7 Å². The lowest BCUT2D eigenvalue weighted by atomic mass is 9.63. The lowest BCUT2D eigenvalue weighted by Crippen LogP contribution is -2.47. The molecule has 0 aromatic heterocycles. The standard InChI is InChI=1S/C26H46N2O3/c1-27-18-24(23-12-11-20-7-5-6-10-22(20)17-23)26(21-8-3-2-4-9-21)31-19-25(29)28-13-15-30-16-14-28/h20-24,26-27H,2-19H2,1H3/t20?,22?,23?,24-,26-/m1/s1. The first-order valence-corrected chi connectivity index (χ1v) is 13.4. The Morgan fingerprint density at radius 1 is 0.935 bits per heavy atom. The number of fused-ring (bicyclic) bond motifs is 1. The Kier molecular flexibility index (Phi) is 9.09. The topological polar surface area (TPSA) is 50.8 Å². The quantitative estimate of drug-likeness (QED) is 0.620. The van der Waals surface area contributed by atoms with Crippen molar-refractivity contribution in [1.82, 2.24) is 10.2 Å². The van der Waals surface area contributed by atoms with Gasteiger partial charge in [0.15, 0.2) is 0 Å². The van der Waals surface area contributed by atoms with Crippen LogP contribution in [0, 0.1) is 29.6 Å². The normalized spacial score (nSPS) is 32.3. The van der Waals surface area contributed by atoms with Gasteiger partial charge in [-0.25, -0.2) is 0 Å². The maximum absolute atomic E-state index is 12.9. The van der Waals surface area contributed by atoms with E-state index in [4.69, 9.17) is 9.47 Å². The number of morpholine rings is 1. The third-order valence-electron chi connectivity index (χ3n) is 8.93. The van der Waals surface area contributed by atoms with Gasteiger partial charge in [-0.05, 0) is 62.8 Å². The van der Waals surface area contributed by atoms with E-state index in [-0.39, 0.29) is 18.6 Å². The Morgan fingerprint density at radius 2 is 1.65 bits per heavy atom. The van der Waals surface area contributed by atoms with E-state index < -0.39 is 0 Å². The highest BCUT2D eigenvalue weighted by atomic mass is 16.5. The van der Waals surface area contributed by atoms with Crippen molar-refractivity contribution in [2.75, 3.05) is 46.5 Å². The molecule has 3 aliphatic carbocycles. The summed E-state index contributed by atoms with van der Waals surface area (Å²) >= 11 is 0. The van der Waals surface area contributed by atoms with Crippen LogP contribution in [0.15, 0.2) is 0 Å². The van der Waals surface area contributed by atoms with Crippen LogP contribution in [0.4, 0.5) is 0 Å². The zero-order valence-electron chi connectivity index (χ0n) is 19.9. The van der Waals surface area contributed by atoms with Gasteiger partial charge in [-0.15, -0.1) is 0 Å². The molecular formula is C26H46N2O3. The average Bonchev–Trinajstić information content (AvgIpc) is 2.84. The molecule has 178 valence electrons. The second-order valence-corrected chi connectivity index (χ2v) is 10.8. The number of ether oxygens (including phenoxy) is 2. The van der Waals surface area contributed by atoms with Crippen LogP contribution < -0.4 is 5.32 Å². The lowest BCUT2D eigenvalue weighted by molar-refractivity contribution is -0.147. The smallest absolute Gasteiger partial charge is 0.248 e. The molecule has 5 heteroatoms. The van der Waals surface area contributed by atoms with Gasteiger partial charge in [-0.3, -0.25) is 4.79 Å². The summed E-state index contributed by atoms with van der Waals surface area (Å²) in [4.78, 5) is 14.8. The molecule has 5 nitrogen and oxygen atoms in total. The molecule has 31 heavy (non-hydrogen) atoms. The molecule has 0 spiro atoms. The summed E-state index contributed by atoms with van der Waals surface area (Å²) in [6.45, 7) is 4.01. The van der Waals surface area contributed by atoms with E-state index in [9.17, 15) is 4.79 Å². The third kappa shape index (κ3) is 6.23. The molecule has 4 aliphatic rings. The predicted molar refractivity (Wildman–Crippen MR) is 124 cm³/mol. The maximum atomic E-state index is 12.9. The first-order valence-electron chi connectivity index (χ1n) is 13.4. The van der Waals surface area contributed by atoms with Crippen LogP contribution in [0.2, 0.25) is 0 Å². The second-order valence-electron chi connectivity index (χ2n) is 10.8.